The van der Waals surface area contributed by atoms with E-state index in [1.807, 2.05) is 0 Å². The average Bonchev–Trinajstić information content (AvgIpc) is 2.90. The van der Waals surface area contributed by atoms with Gasteiger partial charge in [-0.25, -0.2) is 9.59 Å². The van der Waals surface area contributed by atoms with E-state index < -0.39 is 18.3 Å². The van der Waals surface area contributed by atoms with Crippen molar-refractivity contribution in [3.8, 4) is 0 Å². The van der Waals surface area contributed by atoms with E-state index in [0.717, 1.165) is 12.4 Å². The number of hydrogen-bond acceptors (Lipinski definition) is 13. The molecule has 0 fully saturated rings. The molecular formula is C20H38B2N4O11. The molecular weight excluding hydrogens is 494 g/mol. The van der Waals surface area contributed by atoms with Gasteiger partial charge in [-0.1, -0.05) is 0 Å². The Morgan fingerprint density at radius 3 is 1.70 bits per heavy atom. The number of amides is 2. The highest BCUT2D eigenvalue weighted by atomic mass is 16.6. The second-order valence-electron chi connectivity index (χ2n) is 7.19. The molecule has 0 aromatic rings. The van der Waals surface area contributed by atoms with Gasteiger partial charge in [0.2, 0.25) is 0 Å². The van der Waals surface area contributed by atoms with Crippen molar-refractivity contribution >= 4 is 45.4 Å². The zero-order chi connectivity index (χ0) is 27.4. The van der Waals surface area contributed by atoms with Crippen molar-refractivity contribution in [1.82, 2.24) is 21.1 Å². The molecule has 0 aliphatic rings. The van der Waals surface area contributed by atoms with E-state index in [1.165, 1.54) is 7.11 Å². The van der Waals surface area contributed by atoms with Crippen LogP contribution >= 0.6 is 0 Å². The number of esters is 1. The Morgan fingerprint density at radius 1 is 0.757 bits per heavy atom. The lowest BCUT2D eigenvalue weighted by Crippen LogP contribution is -2.36. The molecule has 15 nitrogen and oxygen atoms in total. The third-order valence-corrected chi connectivity index (χ3v) is 4.24. The Bertz CT molecular complexity index is 595. The van der Waals surface area contributed by atoms with Crippen LogP contribution in [-0.2, 0) is 42.8 Å². The van der Waals surface area contributed by atoms with Crippen LogP contribution in [0.1, 0.15) is 12.8 Å². The summed E-state index contributed by atoms with van der Waals surface area (Å²) in [6, 6.07) is 0. The highest BCUT2D eigenvalue weighted by Crippen LogP contribution is 2.01. The monoisotopic (exact) mass is 532 g/mol. The van der Waals surface area contributed by atoms with Crippen molar-refractivity contribution in [2.75, 3.05) is 79.5 Å². The van der Waals surface area contributed by atoms with Gasteiger partial charge in [0, 0.05) is 39.2 Å². The number of nitrogens with one attached hydrogen (secondary N) is 4. The van der Waals surface area contributed by atoms with Crippen LogP contribution in [-0.4, -0.2) is 131 Å². The molecule has 0 radical (unpaired) electrons. The number of carbonyl (C=O) groups is 5. The van der Waals surface area contributed by atoms with Crippen molar-refractivity contribution in [2.24, 2.45) is 0 Å². The molecule has 4 N–H and O–H groups in total. The molecule has 0 heterocycles. The molecule has 37 heavy (non-hydrogen) atoms. The molecule has 0 aromatic heterocycles. The standard InChI is InChI=1S/C20H38B2N4O11/c1-32-18(29)3-2-8-35-17(13-36-19(30)23-4-9-33-11-6-25-21-15-27)14-37-20(31)24-5-10-34-12-7-26-22-16-28/h15-17,21-22,25-26H,2-14H2,1H3,(H,23,30)(H,24,31). The van der Waals surface area contributed by atoms with Gasteiger partial charge in [0.05, 0.1) is 45.9 Å². The van der Waals surface area contributed by atoms with Gasteiger partial charge < -0.3 is 59.1 Å². The maximum atomic E-state index is 11.9. The predicted octanol–water partition coefficient (Wildman–Crippen LogP) is -2.93. The normalized spacial score (nSPS) is 10.3. The second-order valence-corrected chi connectivity index (χ2v) is 7.19. The van der Waals surface area contributed by atoms with E-state index in [0.29, 0.717) is 32.7 Å². The lowest BCUT2D eigenvalue weighted by molar-refractivity contribution is -0.141. The minimum Gasteiger partial charge on any atom is -0.469 e. The molecule has 0 aromatic carbocycles. The summed E-state index contributed by atoms with van der Waals surface area (Å²) in [7, 11) is 1.79. The van der Waals surface area contributed by atoms with Crippen molar-refractivity contribution in [3.05, 3.63) is 0 Å². The summed E-state index contributed by atoms with van der Waals surface area (Å²) in [6.45, 7) is 2.52. The predicted molar refractivity (Wildman–Crippen MR) is 135 cm³/mol. The van der Waals surface area contributed by atoms with Gasteiger partial charge in [-0.15, -0.1) is 0 Å². The lowest BCUT2D eigenvalue weighted by Gasteiger charge is -2.18. The van der Waals surface area contributed by atoms with Crippen LogP contribution in [0.4, 0.5) is 9.59 Å². The first-order valence-corrected chi connectivity index (χ1v) is 12.0. The third kappa shape index (κ3) is 24.7. The fourth-order valence-electron chi connectivity index (χ4n) is 2.42. The minimum absolute atomic E-state index is 0.154. The summed E-state index contributed by atoms with van der Waals surface area (Å²) in [5, 5.41) is 10.7. The Hall–Kier alpha value is -2.72. The van der Waals surface area contributed by atoms with Crippen LogP contribution in [0.2, 0.25) is 0 Å². The molecule has 210 valence electrons. The second kappa shape index (κ2) is 26.3. The zero-order valence-electron chi connectivity index (χ0n) is 21.3. The van der Waals surface area contributed by atoms with Gasteiger partial charge in [0.25, 0.3) is 14.8 Å². The highest BCUT2D eigenvalue weighted by molar-refractivity contribution is 6.64. The van der Waals surface area contributed by atoms with Gasteiger partial charge >= 0.3 is 18.2 Å². The van der Waals surface area contributed by atoms with E-state index in [9.17, 15) is 24.0 Å². The Morgan fingerprint density at radius 2 is 1.24 bits per heavy atom. The van der Waals surface area contributed by atoms with Crippen LogP contribution < -0.4 is 21.1 Å². The number of alkyl carbamates (subject to hydrolysis) is 2. The van der Waals surface area contributed by atoms with E-state index >= 15 is 0 Å². The van der Waals surface area contributed by atoms with Gasteiger partial charge in [-0.05, 0) is 6.42 Å². The quantitative estimate of drug-likeness (QED) is 0.0308. The molecule has 0 unspecified atom stereocenters. The summed E-state index contributed by atoms with van der Waals surface area (Å²) in [6.07, 6.45) is -0.122. The highest BCUT2D eigenvalue weighted by Gasteiger charge is 2.16. The molecule has 2 amide bonds. The number of ether oxygens (including phenoxy) is 6. The van der Waals surface area contributed by atoms with Crippen LogP contribution in [0.25, 0.3) is 0 Å². The molecule has 0 saturated heterocycles. The minimum atomic E-state index is -0.755. The summed E-state index contributed by atoms with van der Waals surface area (Å²) in [4.78, 5) is 55.4. The summed E-state index contributed by atoms with van der Waals surface area (Å²) in [5.41, 5.74) is 0. The van der Waals surface area contributed by atoms with E-state index in [2.05, 4.69) is 25.8 Å². The molecule has 0 saturated carbocycles. The fourth-order valence-corrected chi connectivity index (χ4v) is 2.42. The largest absolute Gasteiger partial charge is 0.469 e. The smallest absolute Gasteiger partial charge is 0.407 e. The average molecular weight is 532 g/mol. The molecule has 0 bridgehead atoms. The van der Waals surface area contributed by atoms with Crippen molar-refractivity contribution in [1.29, 1.82) is 0 Å². The number of methoxy groups -OCH3 is 1. The van der Waals surface area contributed by atoms with Crippen molar-refractivity contribution < 1.29 is 52.4 Å². The fraction of sp³-hybridized carbons (Fsp3) is 0.750. The van der Waals surface area contributed by atoms with Gasteiger partial charge in [0.1, 0.15) is 19.3 Å². The summed E-state index contributed by atoms with van der Waals surface area (Å²) < 4.78 is 31.0. The van der Waals surface area contributed by atoms with Crippen LogP contribution in [0, 0.1) is 0 Å². The summed E-state index contributed by atoms with van der Waals surface area (Å²) >= 11 is 0. The molecule has 17 heteroatoms. The Labute approximate surface area is 217 Å². The van der Waals surface area contributed by atoms with Crippen molar-refractivity contribution in [2.45, 2.75) is 18.9 Å². The SMILES string of the molecule is COC(=O)CCCOC(COC(=O)NCCOCCNBC=O)COC(=O)NCCOCCNBC=O. The molecule has 0 aliphatic carbocycles. The summed E-state index contributed by atoms with van der Waals surface area (Å²) in [5.74, 6) is -0.380. The van der Waals surface area contributed by atoms with Crippen LogP contribution in [0.5, 0.6) is 0 Å². The lowest BCUT2D eigenvalue weighted by atomic mass is 9.99. The number of hydrogen-bond donors (Lipinski definition) is 4. The first kappa shape index (κ1) is 34.3. The molecule has 0 rings (SSSR count). The Balaban J connectivity index is 4.18. The van der Waals surface area contributed by atoms with Gasteiger partial charge in [0.15, 0.2) is 0 Å². The molecule has 0 spiro atoms. The van der Waals surface area contributed by atoms with Gasteiger partial charge in [-0.3, -0.25) is 4.79 Å². The van der Waals surface area contributed by atoms with E-state index in [1.54, 1.807) is 0 Å². The number of carbonyl (C=O) groups excluding carboxylic acids is 5. The van der Waals surface area contributed by atoms with Crippen molar-refractivity contribution in [3.63, 3.8) is 0 Å². The molecule has 0 aliphatic heterocycles. The topological polar surface area (TPSA) is 189 Å². The first-order valence-electron chi connectivity index (χ1n) is 12.0. The maximum absolute atomic E-state index is 11.9. The first-order chi connectivity index (χ1) is 18.0. The van der Waals surface area contributed by atoms with E-state index in [4.69, 9.17) is 23.7 Å². The van der Waals surface area contributed by atoms with Crippen LogP contribution in [0.15, 0.2) is 0 Å². The van der Waals surface area contributed by atoms with E-state index in [-0.39, 0.29) is 73.3 Å². The molecule has 0 atom stereocenters. The maximum Gasteiger partial charge on any atom is 0.407 e. The number of rotatable bonds is 25. The van der Waals surface area contributed by atoms with Gasteiger partial charge in [-0.2, -0.15) is 0 Å². The third-order valence-electron chi connectivity index (χ3n) is 4.24. The zero-order valence-corrected chi connectivity index (χ0v) is 21.3. The Kier molecular flexibility index (Phi) is 24.4. The van der Waals surface area contributed by atoms with Crippen LogP contribution in [0.3, 0.4) is 0 Å².